The number of aromatic nitrogens is 1. The van der Waals surface area contributed by atoms with Gasteiger partial charge < -0.3 is 14.4 Å². The summed E-state index contributed by atoms with van der Waals surface area (Å²) in [5.74, 6) is -1.13. The number of benzene rings is 1. The van der Waals surface area contributed by atoms with E-state index in [-0.39, 0.29) is 17.9 Å². The van der Waals surface area contributed by atoms with Crippen molar-refractivity contribution < 1.29 is 14.6 Å². The lowest BCUT2D eigenvalue weighted by Crippen LogP contribution is -2.26. The van der Waals surface area contributed by atoms with Crippen molar-refractivity contribution in [3.8, 4) is 5.75 Å². The van der Waals surface area contributed by atoms with Gasteiger partial charge in [0, 0.05) is 16.0 Å². The summed E-state index contributed by atoms with van der Waals surface area (Å²) >= 11 is 2.11. The normalized spacial score (nSPS) is 10.7. The van der Waals surface area contributed by atoms with Crippen molar-refractivity contribution in [2.45, 2.75) is 6.92 Å². The SMILES string of the molecule is CCOC(=O)c1c(O)c2ccc(I)cc2n(C)c1=O. The zero-order valence-electron chi connectivity index (χ0n) is 10.4. The molecule has 6 heteroatoms. The summed E-state index contributed by atoms with van der Waals surface area (Å²) in [7, 11) is 1.56. The number of fused-ring (bicyclic) bond motifs is 1. The van der Waals surface area contributed by atoms with Crippen molar-refractivity contribution >= 4 is 39.5 Å². The first kappa shape index (κ1) is 13.9. The molecule has 0 aliphatic rings. The molecule has 0 atom stereocenters. The first-order chi connectivity index (χ1) is 8.97. The fourth-order valence-corrected chi connectivity index (χ4v) is 2.36. The van der Waals surface area contributed by atoms with E-state index < -0.39 is 11.5 Å². The van der Waals surface area contributed by atoms with Gasteiger partial charge in [-0.3, -0.25) is 4.79 Å². The van der Waals surface area contributed by atoms with Crippen LogP contribution in [0, 0.1) is 3.57 Å². The Morgan fingerprint density at radius 3 is 2.79 bits per heavy atom. The number of ether oxygens (including phenoxy) is 1. The number of hydrogen-bond donors (Lipinski definition) is 1. The van der Waals surface area contributed by atoms with Crippen LogP contribution in [0.5, 0.6) is 5.75 Å². The first-order valence-corrected chi connectivity index (χ1v) is 6.73. The number of nitrogens with zero attached hydrogens (tertiary/aromatic N) is 1. The number of aryl methyl sites for hydroxylation is 1. The Balaban J connectivity index is 2.85. The van der Waals surface area contributed by atoms with Crippen LogP contribution >= 0.6 is 22.6 Å². The third kappa shape index (κ3) is 2.32. The molecule has 0 aliphatic carbocycles. The molecular weight excluding hydrogens is 361 g/mol. The van der Waals surface area contributed by atoms with Crippen LogP contribution in [0.4, 0.5) is 0 Å². The van der Waals surface area contributed by atoms with E-state index in [4.69, 9.17) is 4.74 Å². The molecule has 0 aliphatic heterocycles. The van der Waals surface area contributed by atoms with Crippen molar-refractivity contribution in [3.63, 3.8) is 0 Å². The Morgan fingerprint density at radius 1 is 1.47 bits per heavy atom. The number of carbonyl (C=O) groups is 1. The second kappa shape index (κ2) is 5.20. The van der Waals surface area contributed by atoms with Gasteiger partial charge in [-0.25, -0.2) is 4.79 Å². The summed E-state index contributed by atoms with van der Waals surface area (Å²) in [5, 5.41) is 10.6. The van der Waals surface area contributed by atoms with Crippen molar-refractivity contribution in [2.75, 3.05) is 6.61 Å². The predicted molar refractivity (Wildman–Crippen MR) is 79.5 cm³/mol. The quantitative estimate of drug-likeness (QED) is 0.646. The van der Waals surface area contributed by atoms with Gasteiger partial charge in [0.1, 0.15) is 5.75 Å². The second-order valence-corrected chi connectivity index (χ2v) is 5.22. The van der Waals surface area contributed by atoms with Crippen molar-refractivity contribution in [2.24, 2.45) is 7.05 Å². The topological polar surface area (TPSA) is 68.5 Å². The minimum absolute atomic E-state index is 0.145. The Morgan fingerprint density at radius 2 is 2.16 bits per heavy atom. The largest absolute Gasteiger partial charge is 0.506 e. The fraction of sp³-hybridized carbons (Fsp3) is 0.231. The molecule has 2 rings (SSSR count). The summed E-state index contributed by atoms with van der Waals surface area (Å²) in [4.78, 5) is 23.9. The third-order valence-corrected chi connectivity index (χ3v) is 3.48. The van der Waals surface area contributed by atoms with Gasteiger partial charge in [0.05, 0.1) is 12.1 Å². The Hall–Kier alpha value is -1.57. The average Bonchev–Trinajstić information content (AvgIpc) is 2.36. The third-order valence-electron chi connectivity index (χ3n) is 2.81. The van der Waals surface area contributed by atoms with Gasteiger partial charge in [0.15, 0.2) is 5.56 Å². The maximum Gasteiger partial charge on any atom is 0.347 e. The molecule has 1 heterocycles. The highest BCUT2D eigenvalue weighted by atomic mass is 127. The summed E-state index contributed by atoms with van der Waals surface area (Å²) in [5.41, 5.74) is -0.314. The predicted octanol–water partition coefficient (Wildman–Crippen LogP) is 2.03. The Labute approximate surface area is 122 Å². The molecular formula is C13H12INO4. The molecule has 1 N–H and O–H groups in total. The highest BCUT2D eigenvalue weighted by Gasteiger charge is 2.22. The molecule has 2 aromatic rings. The van der Waals surface area contributed by atoms with Crippen LogP contribution in [0.1, 0.15) is 17.3 Å². The molecule has 1 aromatic carbocycles. The minimum atomic E-state index is -0.805. The molecule has 19 heavy (non-hydrogen) atoms. The summed E-state index contributed by atoms with van der Waals surface area (Å²) in [6, 6.07) is 5.24. The molecule has 0 saturated carbocycles. The van der Waals surface area contributed by atoms with E-state index in [1.54, 1.807) is 32.2 Å². The maximum absolute atomic E-state index is 12.1. The number of esters is 1. The standard InChI is InChI=1S/C13H12INO4/c1-3-19-13(18)10-11(16)8-5-4-7(14)6-9(8)15(2)12(10)17/h4-6,16H,3H2,1-2H3. The number of pyridine rings is 1. The van der Waals surface area contributed by atoms with Gasteiger partial charge in [-0.2, -0.15) is 0 Å². The number of halogens is 1. The molecule has 0 radical (unpaired) electrons. The van der Waals surface area contributed by atoms with Crippen molar-refractivity contribution in [3.05, 3.63) is 37.7 Å². The molecule has 0 amide bonds. The molecule has 1 aromatic heterocycles. The van der Waals surface area contributed by atoms with E-state index in [2.05, 4.69) is 22.6 Å². The van der Waals surface area contributed by atoms with Crippen LogP contribution in [0.2, 0.25) is 0 Å². The lowest BCUT2D eigenvalue weighted by molar-refractivity contribution is 0.0520. The van der Waals surface area contributed by atoms with Crippen molar-refractivity contribution in [1.29, 1.82) is 0 Å². The average molecular weight is 373 g/mol. The van der Waals surface area contributed by atoms with Gasteiger partial charge in [0.25, 0.3) is 5.56 Å². The van der Waals surface area contributed by atoms with Gasteiger partial charge in [0.2, 0.25) is 0 Å². The fourth-order valence-electron chi connectivity index (χ4n) is 1.88. The van der Waals surface area contributed by atoms with Crippen LogP contribution in [0.15, 0.2) is 23.0 Å². The maximum atomic E-state index is 12.1. The summed E-state index contributed by atoms with van der Waals surface area (Å²) in [6.07, 6.45) is 0. The van der Waals surface area contributed by atoms with E-state index >= 15 is 0 Å². The van der Waals surface area contributed by atoms with Gasteiger partial charge in [-0.15, -0.1) is 0 Å². The van der Waals surface area contributed by atoms with Crippen molar-refractivity contribution in [1.82, 2.24) is 4.57 Å². The minimum Gasteiger partial charge on any atom is -0.506 e. The summed E-state index contributed by atoms with van der Waals surface area (Å²) in [6.45, 7) is 1.79. The molecule has 100 valence electrons. The first-order valence-electron chi connectivity index (χ1n) is 5.65. The van der Waals surface area contributed by atoms with Crippen LogP contribution in [-0.4, -0.2) is 22.2 Å². The van der Waals surface area contributed by atoms with E-state index in [0.29, 0.717) is 10.9 Å². The number of aromatic hydroxyl groups is 1. The van der Waals surface area contributed by atoms with E-state index in [0.717, 1.165) is 3.57 Å². The molecule has 0 bridgehead atoms. The van der Waals surface area contributed by atoms with Gasteiger partial charge >= 0.3 is 5.97 Å². The highest BCUT2D eigenvalue weighted by Crippen LogP contribution is 2.27. The van der Waals surface area contributed by atoms with Gasteiger partial charge in [-0.1, -0.05) is 0 Å². The Kier molecular flexibility index (Phi) is 3.79. The molecule has 5 nitrogen and oxygen atoms in total. The van der Waals surface area contributed by atoms with Crippen LogP contribution in [0.3, 0.4) is 0 Å². The highest BCUT2D eigenvalue weighted by molar-refractivity contribution is 14.1. The van der Waals surface area contributed by atoms with Crippen LogP contribution in [-0.2, 0) is 11.8 Å². The Bertz CT molecular complexity index is 721. The molecule has 0 fully saturated rings. The van der Waals surface area contributed by atoms with E-state index in [1.807, 2.05) is 0 Å². The lowest BCUT2D eigenvalue weighted by Gasteiger charge is -2.11. The zero-order chi connectivity index (χ0) is 14.2. The number of hydrogen-bond acceptors (Lipinski definition) is 4. The van der Waals surface area contributed by atoms with Crippen LogP contribution < -0.4 is 5.56 Å². The number of rotatable bonds is 2. The second-order valence-electron chi connectivity index (χ2n) is 3.97. The van der Waals surface area contributed by atoms with E-state index in [1.165, 1.54) is 4.57 Å². The monoisotopic (exact) mass is 373 g/mol. The lowest BCUT2D eigenvalue weighted by atomic mass is 10.1. The molecule has 0 saturated heterocycles. The molecule has 0 unspecified atom stereocenters. The number of carbonyl (C=O) groups excluding carboxylic acids is 1. The molecule has 0 spiro atoms. The van der Waals surface area contributed by atoms with E-state index in [9.17, 15) is 14.7 Å². The zero-order valence-corrected chi connectivity index (χ0v) is 12.6. The smallest absolute Gasteiger partial charge is 0.347 e. The van der Waals surface area contributed by atoms with Gasteiger partial charge in [-0.05, 0) is 47.7 Å². The van der Waals surface area contributed by atoms with Crippen LogP contribution in [0.25, 0.3) is 10.9 Å². The summed E-state index contributed by atoms with van der Waals surface area (Å²) < 4.78 is 7.07.